The number of urea groups is 1. The molecule has 0 aromatic carbocycles. The third kappa shape index (κ3) is 5.99. The average molecular weight is 302 g/mol. The number of carboxylic acids is 2. The maximum Gasteiger partial charge on any atom is 0.323 e. The Morgan fingerprint density at radius 3 is 2.38 bits per heavy atom. The van der Waals surface area contributed by atoms with E-state index < -0.39 is 31.1 Å². The zero-order valence-corrected chi connectivity index (χ0v) is 12.2. The molecule has 1 unspecified atom stereocenters. The number of carbonyl (C=O) groups excluding carboxylic acids is 1. The standard InChI is InChI=1S/C13H22N2O6/c1-2-6-21-10-4-3-5-14(7-10)13(20)15(8-11(16)17)9-12(18)19/h10H,2-9H2,1H3,(H,16,17)(H,18,19). The van der Waals surface area contributed by atoms with Crippen LogP contribution in [0.3, 0.4) is 0 Å². The molecule has 120 valence electrons. The van der Waals surface area contributed by atoms with Gasteiger partial charge in [0.05, 0.1) is 6.10 Å². The van der Waals surface area contributed by atoms with E-state index in [2.05, 4.69) is 0 Å². The summed E-state index contributed by atoms with van der Waals surface area (Å²) in [4.78, 5) is 36.1. The molecule has 0 radical (unpaired) electrons. The molecule has 0 bridgehead atoms. The van der Waals surface area contributed by atoms with E-state index in [1.165, 1.54) is 4.90 Å². The van der Waals surface area contributed by atoms with Crippen LogP contribution >= 0.6 is 0 Å². The third-order valence-electron chi connectivity index (χ3n) is 3.13. The van der Waals surface area contributed by atoms with Gasteiger partial charge in [-0.1, -0.05) is 6.92 Å². The monoisotopic (exact) mass is 302 g/mol. The van der Waals surface area contributed by atoms with Gasteiger partial charge in [-0.2, -0.15) is 0 Å². The SMILES string of the molecule is CCCOC1CCCN(C(=O)N(CC(=O)O)CC(=O)O)C1. The Morgan fingerprint density at radius 2 is 1.86 bits per heavy atom. The van der Waals surface area contributed by atoms with Crippen molar-refractivity contribution in [1.29, 1.82) is 0 Å². The van der Waals surface area contributed by atoms with Crippen LogP contribution in [0.5, 0.6) is 0 Å². The van der Waals surface area contributed by atoms with E-state index >= 15 is 0 Å². The number of carboxylic acid groups (broad SMARTS) is 2. The highest BCUT2D eigenvalue weighted by Crippen LogP contribution is 2.15. The summed E-state index contributed by atoms with van der Waals surface area (Å²) in [5, 5.41) is 17.6. The molecule has 0 aliphatic carbocycles. The second-order valence-electron chi connectivity index (χ2n) is 5.01. The molecule has 1 aliphatic heterocycles. The summed E-state index contributed by atoms with van der Waals surface area (Å²) in [7, 11) is 0. The second kappa shape index (κ2) is 8.46. The minimum absolute atomic E-state index is 0.0702. The Kier molecular flexibility index (Phi) is 6.93. The highest BCUT2D eigenvalue weighted by atomic mass is 16.5. The molecular formula is C13H22N2O6. The van der Waals surface area contributed by atoms with E-state index in [0.29, 0.717) is 19.7 Å². The molecule has 21 heavy (non-hydrogen) atoms. The van der Waals surface area contributed by atoms with Crippen LogP contribution < -0.4 is 0 Å². The van der Waals surface area contributed by atoms with Crippen molar-refractivity contribution >= 4 is 18.0 Å². The number of hydrogen-bond acceptors (Lipinski definition) is 4. The van der Waals surface area contributed by atoms with Crippen LogP contribution in [0.2, 0.25) is 0 Å². The molecule has 0 aromatic rings. The first-order valence-corrected chi connectivity index (χ1v) is 7.03. The van der Waals surface area contributed by atoms with Crippen molar-refractivity contribution in [2.45, 2.75) is 32.3 Å². The van der Waals surface area contributed by atoms with Crippen LogP contribution in [-0.4, -0.2) is 76.9 Å². The molecule has 2 N–H and O–H groups in total. The molecule has 1 atom stereocenters. The van der Waals surface area contributed by atoms with Crippen LogP contribution in [0.15, 0.2) is 0 Å². The lowest BCUT2D eigenvalue weighted by molar-refractivity contribution is -0.140. The summed E-state index contributed by atoms with van der Waals surface area (Å²) < 4.78 is 5.61. The fourth-order valence-corrected chi connectivity index (χ4v) is 2.25. The molecule has 0 saturated carbocycles. The van der Waals surface area contributed by atoms with Crippen LogP contribution in [0.1, 0.15) is 26.2 Å². The largest absolute Gasteiger partial charge is 0.480 e. The van der Waals surface area contributed by atoms with E-state index in [1.807, 2.05) is 6.92 Å². The van der Waals surface area contributed by atoms with Gasteiger partial charge in [0, 0.05) is 19.7 Å². The van der Waals surface area contributed by atoms with Crippen molar-refractivity contribution < 1.29 is 29.3 Å². The van der Waals surface area contributed by atoms with Crippen LogP contribution in [0.25, 0.3) is 0 Å². The third-order valence-corrected chi connectivity index (χ3v) is 3.13. The van der Waals surface area contributed by atoms with E-state index in [-0.39, 0.29) is 6.10 Å². The molecule has 1 fully saturated rings. The lowest BCUT2D eigenvalue weighted by Gasteiger charge is -2.35. The summed E-state index contributed by atoms with van der Waals surface area (Å²) in [5.41, 5.74) is 0. The average Bonchev–Trinajstić information content (AvgIpc) is 2.43. The summed E-state index contributed by atoms with van der Waals surface area (Å²) in [5.74, 6) is -2.47. The van der Waals surface area contributed by atoms with Gasteiger partial charge in [0.2, 0.25) is 0 Å². The first-order valence-electron chi connectivity index (χ1n) is 7.03. The molecule has 0 aromatic heterocycles. The smallest absolute Gasteiger partial charge is 0.323 e. The van der Waals surface area contributed by atoms with Crippen molar-refractivity contribution in [1.82, 2.24) is 9.80 Å². The Hall–Kier alpha value is -1.83. The molecule has 1 rings (SSSR count). The fourth-order valence-electron chi connectivity index (χ4n) is 2.25. The summed E-state index contributed by atoms with van der Waals surface area (Å²) in [6.45, 7) is 2.22. The maximum atomic E-state index is 12.3. The van der Waals surface area contributed by atoms with E-state index in [1.54, 1.807) is 0 Å². The predicted molar refractivity (Wildman–Crippen MR) is 73.1 cm³/mol. The van der Waals surface area contributed by atoms with Gasteiger partial charge in [-0.3, -0.25) is 9.59 Å². The van der Waals surface area contributed by atoms with Crippen molar-refractivity contribution in [2.75, 3.05) is 32.8 Å². The van der Waals surface area contributed by atoms with Gasteiger partial charge >= 0.3 is 18.0 Å². The van der Waals surface area contributed by atoms with Gasteiger partial charge < -0.3 is 24.7 Å². The first kappa shape index (κ1) is 17.2. The minimum atomic E-state index is -1.24. The Labute approximate surface area is 123 Å². The Balaban J connectivity index is 2.63. The van der Waals surface area contributed by atoms with Crippen LogP contribution in [-0.2, 0) is 14.3 Å². The highest BCUT2D eigenvalue weighted by Gasteiger charge is 2.29. The van der Waals surface area contributed by atoms with Gasteiger partial charge in [0.1, 0.15) is 13.1 Å². The number of nitrogens with zero attached hydrogens (tertiary/aromatic N) is 2. The van der Waals surface area contributed by atoms with E-state index in [9.17, 15) is 14.4 Å². The predicted octanol–water partition coefficient (Wildman–Crippen LogP) is 0.469. The second-order valence-corrected chi connectivity index (χ2v) is 5.01. The van der Waals surface area contributed by atoms with Gasteiger partial charge in [0.15, 0.2) is 0 Å². The van der Waals surface area contributed by atoms with Crippen LogP contribution in [0.4, 0.5) is 4.79 Å². The molecule has 0 spiro atoms. The van der Waals surface area contributed by atoms with Crippen molar-refractivity contribution in [3.63, 3.8) is 0 Å². The van der Waals surface area contributed by atoms with E-state index in [0.717, 1.165) is 24.2 Å². The van der Waals surface area contributed by atoms with Crippen molar-refractivity contribution in [2.24, 2.45) is 0 Å². The molecule has 1 saturated heterocycles. The highest BCUT2D eigenvalue weighted by molar-refractivity contribution is 5.84. The van der Waals surface area contributed by atoms with Crippen LogP contribution in [0, 0.1) is 0 Å². The quantitative estimate of drug-likeness (QED) is 0.708. The number of likely N-dealkylation sites (tertiary alicyclic amines) is 1. The molecular weight excluding hydrogens is 280 g/mol. The Bertz CT molecular complexity index is 371. The van der Waals surface area contributed by atoms with Gasteiger partial charge in [-0.15, -0.1) is 0 Å². The summed E-state index contributed by atoms with van der Waals surface area (Å²) >= 11 is 0. The lowest BCUT2D eigenvalue weighted by Crippen LogP contribution is -2.51. The van der Waals surface area contributed by atoms with Crippen molar-refractivity contribution in [3.8, 4) is 0 Å². The number of ether oxygens (including phenoxy) is 1. The normalized spacial score (nSPS) is 18.3. The van der Waals surface area contributed by atoms with Crippen molar-refractivity contribution in [3.05, 3.63) is 0 Å². The first-order chi connectivity index (χ1) is 9.93. The topological polar surface area (TPSA) is 107 Å². The summed E-state index contributed by atoms with van der Waals surface area (Å²) in [6.07, 6.45) is 2.42. The van der Waals surface area contributed by atoms with Gasteiger partial charge in [-0.05, 0) is 19.3 Å². The zero-order valence-electron chi connectivity index (χ0n) is 12.2. The number of rotatable bonds is 7. The maximum absolute atomic E-state index is 12.3. The van der Waals surface area contributed by atoms with E-state index in [4.69, 9.17) is 14.9 Å². The zero-order chi connectivity index (χ0) is 15.8. The number of amides is 2. The van der Waals surface area contributed by atoms with Gasteiger partial charge in [0.25, 0.3) is 0 Å². The molecule has 1 heterocycles. The summed E-state index contributed by atoms with van der Waals surface area (Å²) in [6, 6.07) is -0.565. The molecule has 8 heteroatoms. The van der Waals surface area contributed by atoms with Gasteiger partial charge in [-0.25, -0.2) is 4.79 Å². The molecule has 8 nitrogen and oxygen atoms in total. The lowest BCUT2D eigenvalue weighted by atomic mass is 10.1. The number of aliphatic carboxylic acids is 2. The number of carbonyl (C=O) groups is 3. The minimum Gasteiger partial charge on any atom is -0.480 e. The number of hydrogen-bond donors (Lipinski definition) is 2. The fraction of sp³-hybridized carbons (Fsp3) is 0.769. The molecule has 2 amide bonds. The number of piperidine rings is 1. The molecule has 1 aliphatic rings. The Morgan fingerprint density at radius 1 is 1.24 bits per heavy atom.